The summed E-state index contributed by atoms with van der Waals surface area (Å²) in [5, 5.41) is 18.6. The summed E-state index contributed by atoms with van der Waals surface area (Å²) >= 11 is 1.68. The predicted molar refractivity (Wildman–Crippen MR) is 116 cm³/mol. The summed E-state index contributed by atoms with van der Waals surface area (Å²) in [6.45, 7) is 4.91. The van der Waals surface area contributed by atoms with Gasteiger partial charge in [0.25, 0.3) is 0 Å². The molecule has 0 aliphatic carbocycles. The zero-order valence-corrected chi connectivity index (χ0v) is 17.1. The lowest BCUT2D eigenvalue weighted by atomic mass is 10.1. The first-order chi connectivity index (χ1) is 14.1. The van der Waals surface area contributed by atoms with Gasteiger partial charge in [0.15, 0.2) is 0 Å². The van der Waals surface area contributed by atoms with Gasteiger partial charge in [0, 0.05) is 11.4 Å². The van der Waals surface area contributed by atoms with E-state index < -0.39 is 0 Å². The van der Waals surface area contributed by atoms with E-state index in [1.807, 2.05) is 30.3 Å². The lowest BCUT2D eigenvalue weighted by molar-refractivity contribution is 0.789. The Labute approximate surface area is 172 Å². The number of hydrogen-bond acceptors (Lipinski definition) is 7. The van der Waals surface area contributed by atoms with Crippen molar-refractivity contribution in [2.24, 2.45) is 0 Å². The van der Waals surface area contributed by atoms with Crippen LogP contribution in [0.25, 0.3) is 15.9 Å². The van der Waals surface area contributed by atoms with Crippen LogP contribution < -0.4 is 11.1 Å². The average Bonchev–Trinajstić information content (AvgIpc) is 3.22. The molecule has 29 heavy (non-hydrogen) atoms. The molecule has 3 aromatic heterocycles. The smallest absolute Gasteiger partial charge is 0.145 e. The highest BCUT2D eigenvalue weighted by atomic mass is 32.1. The number of fused-ring (bicyclic) bond motifs is 1. The molecule has 0 spiro atoms. The molecule has 0 radical (unpaired) electrons. The summed E-state index contributed by atoms with van der Waals surface area (Å²) in [5.41, 5.74) is 9.39. The number of nitrogens with two attached hydrogens (primary N) is 1. The van der Waals surface area contributed by atoms with Crippen molar-refractivity contribution >= 4 is 33.2 Å². The SMILES string of the molecule is Cc1sc2ncnc(NCCCc3nn(-c4ccccc4)c(N)c3C#N)c2c1C. The molecule has 3 N–H and O–H groups in total. The van der Waals surface area contributed by atoms with Crippen LogP contribution in [0.5, 0.6) is 0 Å². The summed E-state index contributed by atoms with van der Waals surface area (Å²) in [7, 11) is 0. The topological polar surface area (TPSA) is 105 Å². The van der Waals surface area contributed by atoms with Crippen LogP contribution in [0.4, 0.5) is 11.6 Å². The van der Waals surface area contributed by atoms with Crippen LogP contribution in [0.2, 0.25) is 0 Å². The predicted octanol–water partition coefficient (Wildman–Crippen LogP) is 3.99. The van der Waals surface area contributed by atoms with Gasteiger partial charge < -0.3 is 11.1 Å². The minimum absolute atomic E-state index is 0.378. The molecule has 146 valence electrons. The molecule has 0 fully saturated rings. The third kappa shape index (κ3) is 3.52. The molecule has 1 aromatic carbocycles. The Hall–Kier alpha value is -3.44. The highest BCUT2D eigenvalue weighted by molar-refractivity contribution is 7.18. The molecule has 4 aromatic rings. The molecule has 0 aliphatic rings. The largest absolute Gasteiger partial charge is 0.382 e. The second-order valence-electron chi connectivity index (χ2n) is 6.78. The lowest BCUT2D eigenvalue weighted by Crippen LogP contribution is -2.06. The van der Waals surface area contributed by atoms with Gasteiger partial charge in [0.2, 0.25) is 0 Å². The van der Waals surface area contributed by atoms with Crippen molar-refractivity contribution in [2.45, 2.75) is 26.7 Å². The van der Waals surface area contributed by atoms with Crippen LogP contribution in [0.3, 0.4) is 0 Å². The van der Waals surface area contributed by atoms with E-state index >= 15 is 0 Å². The molecule has 0 amide bonds. The molecular formula is C21H21N7S. The van der Waals surface area contributed by atoms with Crippen molar-refractivity contribution in [3.05, 3.63) is 58.4 Å². The Morgan fingerprint density at radius 2 is 2.00 bits per heavy atom. The van der Waals surface area contributed by atoms with Crippen molar-refractivity contribution in [1.82, 2.24) is 19.7 Å². The number of anilines is 2. The van der Waals surface area contributed by atoms with Crippen LogP contribution in [0.15, 0.2) is 36.7 Å². The number of nitrogens with one attached hydrogen (secondary N) is 1. The summed E-state index contributed by atoms with van der Waals surface area (Å²) in [5.74, 6) is 1.23. The summed E-state index contributed by atoms with van der Waals surface area (Å²) in [6.07, 6.45) is 3.04. The van der Waals surface area contributed by atoms with Gasteiger partial charge in [-0.25, -0.2) is 14.6 Å². The molecule has 0 saturated heterocycles. The maximum absolute atomic E-state index is 9.53. The van der Waals surface area contributed by atoms with Crippen LogP contribution >= 0.6 is 11.3 Å². The van der Waals surface area contributed by atoms with Crippen molar-refractivity contribution in [3.63, 3.8) is 0 Å². The fourth-order valence-electron chi connectivity index (χ4n) is 3.32. The minimum atomic E-state index is 0.378. The Morgan fingerprint density at radius 1 is 1.21 bits per heavy atom. The molecule has 0 atom stereocenters. The molecule has 8 heteroatoms. The summed E-state index contributed by atoms with van der Waals surface area (Å²) in [6, 6.07) is 11.8. The van der Waals surface area contributed by atoms with Gasteiger partial charge >= 0.3 is 0 Å². The normalized spacial score (nSPS) is 10.9. The van der Waals surface area contributed by atoms with Crippen molar-refractivity contribution in [2.75, 3.05) is 17.6 Å². The summed E-state index contributed by atoms with van der Waals surface area (Å²) in [4.78, 5) is 11.0. The monoisotopic (exact) mass is 403 g/mol. The van der Waals surface area contributed by atoms with Crippen molar-refractivity contribution in [3.8, 4) is 11.8 Å². The Bertz CT molecular complexity index is 1200. The number of rotatable bonds is 6. The van der Waals surface area contributed by atoms with Crippen molar-refractivity contribution in [1.29, 1.82) is 5.26 Å². The minimum Gasteiger partial charge on any atom is -0.382 e. The van der Waals surface area contributed by atoms with E-state index in [9.17, 15) is 5.26 Å². The number of benzene rings is 1. The zero-order chi connectivity index (χ0) is 20.4. The van der Waals surface area contributed by atoms with E-state index in [0.29, 0.717) is 30.0 Å². The second-order valence-corrected chi connectivity index (χ2v) is 7.99. The fourth-order valence-corrected chi connectivity index (χ4v) is 4.32. The van der Waals surface area contributed by atoms with Crippen LogP contribution in [-0.4, -0.2) is 26.3 Å². The first-order valence-corrected chi connectivity index (χ1v) is 10.2. The van der Waals surface area contributed by atoms with Crippen LogP contribution in [0, 0.1) is 25.2 Å². The van der Waals surface area contributed by atoms with E-state index in [0.717, 1.165) is 28.1 Å². The number of aryl methyl sites for hydroxylation is 3. The molecule has 0 unspecified atom stereocenters. The van der Waals surface area contributed by atoms with Crippen molar-refractivity contribution < 1.29 is 0 Å². The molecular weight excluding hydrogens is 382 g/mol. The number of nitrogen functional groups attached to an aromatic ring is 1. The van der Waals surface area contributed by atoms with E-state index in [-0.39, 0.29) is 0 Å². The van der Waals surface area contributed by atoms with E-state index in [4.69, 9.17) is 5.73 Å². The maximum atomic E-state index is 9.53. The maximum Gasteiger partial charge on any atom is 0.145 e. The molecule has 0 aliphatic heterocycles. The van der Waals surface area contributed by atoms with Gasteiger partial charge in [0.1, 0.15) is 34.4 Å². The number of thiophene rings is 1. The fraction of sp³-hybridized carbons (Fsp3) is 0.238. The highest BCUT2D eigenvalue weighted by Crippen LogP contribution is 2.32. The summed E-state index contributed by atoms with van der Waals surface area (Å²) < 4.78 is 1.63. The van der Waals surface area contributed by atoms with Crippen LogP contribution in [-0.2, 0) is 6.42 Å². The molecule has 7 nitrogen and oxygen atoms in total. The third-order valence-electron chi connectivity index (χ3n) is 4.95. The quantitative estimate of drug-likeness (QED) is 0.472. The van der Waals surface area contributed by atoms with Gasteiger partial charge in [-0.1, -0.05) is 18.2 Å². The number of nitrogens with zero attached hydrogens (tertiary/aromatic N) is 5. The molecule has 0 bridgehead atoms. The van der Waals surface area contributed by atoms with Crippen LogP contribution in [0.1, 0.15) is 28.1 Å². The van der Waals surface area contributed by atoms with E-state index in [1.165, 1.54) is 10.4 Å². The Kier molecular flexibility index (Phi) is 5.14. The van der Waals surface area contributed by atoms with Gasteiger partial charge in [-0.15, -0.1) is 11.3 Å². The second kappa shape index (κ2) is 7.89. The molecule has 3 heterocycles. The highest BCUT2D eigenvalue weighted by Gasteiger charge is 2.16. The van der Waals surface area contributed by atoms with Gasteiger partial charge in [-0.3, -0.25) is 0 Å². The van der Waals surface area contributed by atoms with E-state index in [2.05, 4.69) is 40.3 Å². The number of aromatic nitrogens is 4. The van der Waals surface area contributed by atoms with Gasteiger partial charge in [-0.05, 0) is 44.4 Å². The Balaban J connectivity index is 1.48. The third-order valence-corrected chi connectivity index (χ3v) is 6.07. The number of nitriles is 1. The number of hydrogen-bond donors (Lipinski definition) is 2. The Morgan fingerprint density at radius 3 is 2.76 bits per heavy atom. The standard InChI is InChI=1S/C21H21N7S/c1-13-14(2)29-21-18(13)20(25-12-26-21)24-10-6-9-17-16(11-22)19(23)28(27-17)15-7-4-3-5-8-15/h3-5,7-8,12H,6,9-10,23H2,1-2H3,(H,24,25,26). The number of para-hydroxylation sites is 1. The lowest BCUT2D eigenvalue weighted by Gasteiger charge is -2.06. The van der Waals surface area contributed by atoms with Gasteiger partial charge in [0.05, 0.1) is 16.8 Å². The van der Waals surface area contributed by atoms with E-state index in [1.54, 1.807) is 22.3 Å². The first-order valence-electron chi connectivity index (χ1n) is 9.37. The first kappa shape index (κ1) is 18.9. The average molecular weight is 404 g/mol. The zero-order valence-electron chi connectivity index (χ0n) is 16.3. The van der Waals surface area contributed by atoms with Gasteiger partial charge in [-0.2, -0.15) is 10.4 Å². The molecule has 4 rings (SSSR count). The molecule has 0 saturated carbocycles.